The molecule has 0 atom stereocenters. The fourth-order valence-corrected chi connectivity index (χ4v) is 2.48. The van der Waals surface area contributed by atoms with Crippen LogP contribution in [0.3, 0.4) is 0 Å². The van der Waals surface area contributed by atoms with Gasteiger partial charge in [0.25, 0.3) is 0 Å². The summed E-state index contributed by atoms with van der Waals surface area (Å²) in [7, 11) is 0. The molecule has 3 rings (SSSR count). The molecule has 1 aromatic carbocycles. The molecule has 0 radical (unpaired) electrons. The molecule has 0 saturated carbocycles. The molecule has 1 aliphatic heterocycles. The van der Waals surface area contributed by atoms with Crippen LogP contribution < -0.4 is 21.3 Å². The maximum absolute atomic E-state index is 12.9. The summed E-state index contributed by atoms with van der Waals surface area (Å²) < 4.78 is 12.9. The number of hydrogen-bond donors (Lipinski definition) is 2. The molecule has 1 aromatic heterocycles. The van der Waals surface area contributed by atoms with Gasteiger partial charge in [-0.3, -0.25) is 0 Å². The largest absolute Gasteiger partial charge is 0.383 e. The first kappa shape index (κ1) is 13.4. The Labute approximate surface area is 122 Å². The topological polar surface area (TPSA) is 84.3 Å². The summed E-state index contributed by atoms with van der Waals surface area (Å²) in [5.41, 5.74) is 12.3. The van der Waals surface area contributed by atoms with Gasteiger partial charge >= 0.3 is 0 Å². The van der Waals surface area contributed by atoms with E-state index in [4.69, 9.17) is 11.5 Å². The second kappa shape index (κ2) is 5.43. The van der Waals surface area contributed by atoms with Gasteiger partial charge in [-0.05, 0) is 24.3 Å². The number of nitrogens with two attached hydrogens (primary N) is 2. The molecule has 0 spiro atoms. The molecule has 110 valence electrons. The van der Waals surface area contributed by atoms with E-state index in [9.17, 15) is 4.39 Å². The number of halogens is 1. The molecule has 21 heavy (non-hydrogen) atoms. The lowest BCUT2D eigenvalue weighted by Crippen LogP contribution is -2.46. The molecule has 1 aliphatic rings. The van der Waals surface area contributed by atoms with E-state index < -0.39 is 0 Å². The number of piperazine rings is 1. The average Bonchev–Trinajstić information content (AvgIpc) is 2.47. The van der Waals surface area contributed by atoms with Gasteiger partial charge in [-0.1, -0.05) is 0 Å². The van der Waals surface area contributed by atoms with Crippen LogP contribution in [-0.4, -0.2) is 36.1 Å². The summed E-state index contributed by atoms with van der Waals surface area (Å²) in [6.45, 7) is 3.26. The molecule has 1 fully saturated rings. The molecule has 0 aliphatic carbocycles. The van der Waals surface area contributed by atoms with Gasteiger partial charge in [0.05, 0.1) is 0 Å². The first-order chi connectivity index (χ1) is 10.1. The van der Waals surface area contributed by atoms with Crippen LogP contribution >= 0.6 is 0 Å². The Balaban J connectivity index is 1.68. The SMILES string of the molecule is Nc1cc(N2CCN(c3ccc(F)cc3)CC2)nc(N)n1. The van der Waals surface area contributed by atoms with Crippen LogP contribution in [0, 0.1) is 5.82 Å². The lowest BCUT2D eigenvalue weighted by atomic mass is 10.2. The molecule has 0 unspecified atom stereocenters. The van der Waals surface area contributed by atoms with Crippen molar-refractivity contribution in [2.45, 2.75) is 0 Å². The molecule has 2 heterocycles. The fourth-order valence-electron chi connectivity index (χ4n) is 2.48. The van der Waals surface area contributed by atoms with E-state index in [1.165, 1.54) is 12.1 Å². The Kier molecular flexibility index (Phi) is 3.47. The third kappa shape index (κ3) is 2.96. The van der Waals surface area contributed by atoms with E-state index in [1.54, 1.807) is 18.2 Å². The molecule has 4 N–H and O–H groups in total. The average molecular weight is 288 g/mol. The second-order valence-electron chi connectivity index (χ2n) is 4.96. The Hall–Kier alpha value is -2.57. The maximum atomic E-state index is 12.9. The van der Waals surface area contributed by atoms with Crippen molar-refractivity contribution in [3.05, 3.63) is 36.1 Å². The zero-order valence-electron chi connectivity index (χ0n) is 11.5. The minimum absolute atomic E-state index is 0.186. The minimum atomic E-state index is -0.218. The predicted octanol–water partition coefficient (Wildman–Crippen LogP) is 1.11. The molecule has 0 bridgehead atoms. The molecular weight excluding hydrogens is 271 g/mol. The highest BCUT2D eigenvalue weighted by atomic mass is 19.1. The molecular formula is C14H17FN6. The Morgan fingerprint density at radius 1 is 0.905 bits per heavy atom. The van der Waals surface area contributed by atoms with Gasteiger partial charge < -0.3 is 21.3 Å². The lowest BCUT2D eigenvalue weighted by molar-refractivity contribution is 0.624. The summed E-state index contributed by atoms with van der Waals surface area (Å²) in [6.07, 6.45) is 0. The minimum Gasteiger partial charge on any atom is -0.383 e. The number of hydrogen-bond acceptors (Lipinski definition) is 6. The van der Waals surface area contributed by atoms with Crippen molar-refractivity contribution in [3.63, 3.8) is 0 Å². The van der Waals surface area contributed by atoms with Crippen LogP contribution in [0.25, 0.3) is 0 Å². The van der Waals surface area contributed by atoms with Gasteiger partial charge in [0.2, 0.25) is 5.95 Å². The third-order valence-corrected chi connectivity index (χ3v) is 3.55. The van der Waals surface area contributed by atoms with Crippen molar-refractivity contribution >= 4 is 23.3 Å². The standard InChI is InChI=1S/C14H17FN6/c15-10-1-3-11(4-2-10)20-5-7-21(8-6-20)13-9-12(16)18-14(17)19-13/h1-4,9H,5-8H2,(H4,16,17,18,19). The number of rotatable bonds is 2. The van der Waals surface area contributed by atoms with Crippen molar-refractivity contribution in [1.29, 1.82) is 0 Å². The summed E-state index contributed by atoms with van der Waals surface area (Å²) >= 11 is 0. The highest BCUT2D eigenvalue weighted by Crippen LogP contribution is 2.21. The summed E-state index contributed by atoms with van der Waals surface area (Å²) in [5, 5.41) is 0. The highest BCUT2D eigenvalue weighted by molar-refractivity contribution is 5.53. The number of nitrogen functional groups attached to an aromatic ring is 2. The van der Waals surface area contributed by atoms with E-state index in [1.807, 2.05) is 0 Å². The first-order valence-electron chi connectivity index (χ1n) is 6.77. The van der Waals surface area contributed by atoms with Crippen LogP contribution in [0.5, 0.6) is 0 Å². The monoisotopic (exact) mass is 288 g/mol. The smallest absolute Gasteiger partial charge is 0.223 e. The highest BCUT2D eigenvalue weighted by Gasteiger charge is 2.19. The summed E-state index contributed by atoms with van der Waals surface area (Å²) in [4.78, 5) is 12.4. The van der Waals surface area contributed by atoms with Gasteiger partial charge in [0, 0.05) is 37.9 Å². The molecule has 1 saturated heterocycles. The Bertz CT molecular complexity index is 602. The fraction of sp³-hybridized carbons (Fsp3) is 0.286. The number of nitrogens with zero attached hydrogens (tertiary/aromatic N) is 4. The molecule has 0 amide bonds. The van der Waals surface area contributed by atoms with Crippen LogP contribution in [-0.2, 0) is 0 Å². The second-order valence-corrected chi connectivity index (χ2v) is 4.96. The zero-order chi connectivity index (χ0) is 14.8. The van der Waals surface area contributed by atoms with Crippen molar-refractivity contribution < 1.29 is 4.39 Å². The third-order valence-electron chi connectivity index (χ3n) is 3.55. The van der Waals surface area contributed by atoms with E-state index in [-0.39, 0.29) is 11.8 Å². The molecule has 7 heteroatoms. The van der Waals surface area contributed by atoms with Crippen LogP contribution in [0.15, 0.2) is 30.3 Å². The van der Waals surface area contributed by atoms with E-state index in [0.29, 0.717) is 5.82 Å². The van der Waals surface area contributed by atoms with Crippen LogP contribution in [0.4, 0.5) is 27.7 Å². The van der Waals surface area contributed by atoms with Crippen molar-refractivity contribution in [1.82, 2.24) is 9.97 Å². The summed E-state index contributed by atoms with van der Waals surface area (Å²) in [5.74, 6) is 1.09. The number of anilines is 4. The van der Waals surface area contributed by atoms with Crippen molar-refractivity contribution in [3.8, 4) is 0 Å². The van der Waals surface area contributed by atoms with Gasteiger partial charge in [-0.25, -0.2) is 4.39 Å². The van der Waals surface area contributed by atoms with E-state index >= 15 is 0 Å². The van der Waals surface area contributed by atoms with Crippen LogP contribution in [0.1, 0.15) is 0 Å². The van der Waals surface area contributed by atoms with Crippen molar-refractivity contribution in [2.24, 2.45) is 0 Å². The number of benzene rings is 1. The first-order valence-corrected chi connectivity index (χ1v) is 6.77. The number of aromatic nitrogens is 2. The predicted molar refractivity (Wildman–Crippen MR) is 81.7 cm³/mol. The van der Waals surface area contributed by atoms with Gasteiger partial charge in [0.1, 0.15) is 17.5 Å². The molecule has 6 nitrogen and oxygen atoms in total. The quantitative estimate of drug-likeness (QED) is 0.861. The summed E-state index contributed by atoms with van der Waals surface area (Å²) in [6, 6.07) is 8.28. The van der Waals surface area contributed by atoms with E-state index in [0.717, 1.165) is 37.7 Å². The van der Waals surface area contributed by atoms with Crippen LogP contribution in [0.2, 0.25) is 0 Å². The zero-order valence-corrected chi connectivity index (χ0v) is 11.5. The van der Waals surface area contributed by atoms with Gasteiger partial charge in [-0.15, -0.1) is 0 Å². The van der Waals surface area contributed by atoms with Crippen molar-refractivity contribution in [2.75, 3.05) is 47.4 Å². The van der Waals surface area contributed by atoms with Gasteiger partial charge in [0.15, 0.2) is 0 Å². The lowest BCUT2D eigenvalue weighted by Gasteiger charge is -2.36. The van der Waals surface area contributed by atoms with E-state index in [2.05, 4.69) is 19.8 Å². The normalized spacial score (nSPS) is 15.3. The maximum Gasteiger partial charge on any atom is 0.223 e. The van der Waals surface area contributed by atoms with Gasteiger partial charge in [-0.2, -0.15) is 9.97 Å². The Morgan fingerprint density at radius 3 is 2.14 bits per heavy atom. The Morgan fingerprint density at radius 2 is 1.52 bits per heavy atom. The molecule has 2 aromatic rings.